The Kier molecular flexibility index (Phi) is 7.76. The van der Waals surface area contributed by atoms with Gasteiger partial charge in [-0.05, 0) is 0 Å². The highest BCUT2D eigenvalue weighted by Gasteiger charge is 2.40. The first kappa shape index (κ1) is 16.6. The predicted molar refractivity (Wildman–Crippen MR) is 46.0 cm³/mol. The fraction of sp³-hybridized carbons (Fsp3) is 0.500. The fourth-order valence-corrected chi connectivity index (χ4v) is 0.714. The van der Waals surface area contributed by atoms with E-state index in [-0.39, 0.29) is 0 Å². The van der Waals surface area contributed by atoms with Crippen molar-refractivity contribution in [2.24, 2.45) is 0 Å². The highest BCUT2D eigenvalue weighted by Crippen LogP contribution is 2.15. The van der Waals surface area contributed by atoms with Crippen LogP contribution < -0.4 is 0 Å². The molecule has 0 fully saturated rings. The third-order valence-electron chi connectivity index (χ3n) is 1.29. The summed E-state index contributed by atoms with van der Waals surface area (Å²) in [5.74, 6) is -5.02. The Bertz CT molecular complexity index is 300. The Labute approximate surface area is 91.9 Å². The molecule has 0 aromatic rings. The van der Waals surface area contributed by atoms with E-state index in [0.717, 1.165) is 0 Å². The minimum atomic E-state index is -2.74. The van der Waals surface area contributed by atoms with Gasteiger partial charge in [-0.25, -0.2) is 4.79 Å². The number of carbonyl (C=O) groups is 3. The lowest BCUT2D eigenvalue weighted by molar-refractivity contribution is -0.170. The van der Waals surface area contributed by atoms with Crippen LogP contribution >= 0.6 is 0 Å². The van der Waals surface area contributed by atoms with E-state index in [1.807, 2.05) is 0 Å². The maximum absolute atomic E-state index is 10.3. The van der Waals surface area contributed by atoms with E-state index in [4.69, 9.17) is 28.8 Å². The number of rotatable bonds is 5. The largest absolute Gasteiger partial charge is 0.481 e. The summed E-state index contributed by atoms with van der Waals surface area (Å²) in [6.45, 7) is 0. The molecule has 0 heterocycles. The second-order valence-corrected chi connectivity index (χ2v) is 2.68. The number of hydrogen-bond donors (Lipinski definition) is 4. The van der Waals surface area contributed by atoms with E-state index in [1.165, 1.54) is 0 Å². The summed E-state index contributed by atoms with van der Waals surface area (Å²) in [6.07, 6.45) is -2.29. The van der Waals surface area contributed by atoms with Gasteiger partial charge in [-0.2, -0.15) is 8.42 Å². The SMILES string of the molecule is O=C(O)CC(O)(CC(=O)O)C(=O)O.O=S=O. The van der Waals surface area contributed by atoms with Gasteiger partial charge in [-0.15, -0.1) is 0 Å². The monoisotopic (exact) mass is 256 g/mol. The minimum absolute atomic E-state index is 0.750. The molecule has 0 radical (unpaired) electrons. The minimum Gasteiger partial charge on any atom is -0.481 e. The van der Waals surface area contributed by atoms with Crippen molar-refractivity contribution in [3.8, 4) is 0 Å². The van der Waals surface area contributed by atoms with Crippen LogP contribution in [0.4, 0.5) is 0 Å². The van der Waals surface area contributed by atoms with Crippen LogP contribution in [0.15, 0.2) is 0 Å². The van der Waals surface area contributed by atoms with Crippen LogP contribution in [0.25, 0.3) is 0 Å². The van der Waals surface area contributed by atoms with Crippen molar-refractivity contribution >= 4 is 29.5 Å². The number of aliphatic hydroxyl groups is 1. The van der Waals surface area contributed by atoms with Crippen LogP contribution in [0.1, 0.15) is 12.8 Å². The van der Waals surface area contributed by atoms with Gasteiger partial charge in [-0.3, -0.25) is 9.59 Å². The Balaban J connectivity index is 0. The molecule has 0 saturated carbocycles. The summed E-state index contributed by atoms with van der Waals surface area (Å²) in [6, 6.07) is 0. The van der Waals surface area contributed by atoms with Crippen LogP contribution in [0.5, 0.6) is 0 Å². The molecule has 0 unspecified atom stereocenters. The lowest BCUT2D eigenvalue weighted by Gasteiger charge is -2.18. The van der Waals surface area contributed by atoms with E-state index in [1.54, 1.807) is 0 Å². The molecule has 0 atom stereocenters. The summed E-state index contributed by atoms with van der Waals surface area (Å²) < 4.78 is 16.6. The molecule has 9 nitrogen and oxygen atoms in total. The van der Waals surface area contributed by atoms with E-state index in [0.29, 0.717) is 0 Å². The predicted octanol–water partition coefficient (Wildman–Crippen LogP) is -1.92. The van der Waals surface area contributed by atoms with Crippen molar-refractivity contribution in [3.63, 3.8) is 0 Å². The topological polar surface area (TPSA) is 166 Å². The molecular formula is C6H8O9S. The molecular weight excluding hydrogens is 248 g/mol. The van der Waals surface area contributed by atoms with E-state index < -0.39 is 47.9 Å². The quantitative estimate of drug-likeness (QED) is 0.438. The summed E-state index contributed by atoms with van der Waals surface area (Å²) in [5, 5.41) is 33.8. The van der Waals surface area contributed by atoms with Gasteiger partial charge in [0.15, 0.2) is 5.60 Å². The zero-order chi connectivity index (χ0) is 13.4. The highest BCUT2D eigenvalue weighted by atomic mass is 32.1. The number of aliphatic carboxylic acids is 3. The molecule has 0 aliphatic carbocycles. The number of carboxylic acid groups (broad SMARTS) is 3. The molecule has 0 amide bonds. The van der Waals surface area contributed by atoms with Crippen LogP contribution in [-0.2, 0) is 26.0 Å². The van der Waals surface area contributed by atoms with Crippen LogP contribution in [0.2, 0.25) is 0 Å². The third-order valence-corrected chi connectivity index (χ3v) is 1.29. The number of carboxylic acids is 3. The first-order valence-corrected chi connectivity index (χ1v) is 4.17. The van der Waals surface area contributed by atoms with E-state index >= 15 is 0 Å². The molecule has 0 aromatic heterocycles. The average Bonchev–Trinajstić information content (AvgIpc) is 2.01. The van der Waals surface area contributed by atoms with Gasteiger partial charge in [0.25, 0.3) is 0 Å². The second-order valence-electron chi connectivity index (χ2n) is 2.55. The van der Waals surface area contributed by atoms with Gasteiger partial charge in [0.05, 0.1) is 12.8 Å². The Morgan fingerprint density at radius 3 is 1.31 bits per heavy atom. The summed E-state index contributed by atoms with van der Waals surface area (Å²) in [4.78, 5) is 30.5. The first-order valence-electron chi connectivity index (χ1n) is 3.50. The lowest BCUT2D eigenvalue weighted by Crippen LogP contribution is -2.42. The molecule has 10 heteroatoms. The van der Waals surface area contributed by atoms with Crippen LogP contribution in [0.3, 0.4) is 0 Å². The fourth-order valence-electron chi connectivity index (χ4n) is 0.714. The molecule has 4 N–H and O–H groups in total. The molecule has 0 bridgehead atoms. The Morgan fingerprint density at radius 1 is 0.938 bits per heavy atom. The van der Waals surface area contributed by atoms with Crippen LogP contribution in [-0.4, -0.2) is 52.4 Å². The smallest absolute Gasteiger partial charge is 0.336 e. The van der Waals surface area contributed by atoms with Crippen molar-refractivity contribution in [2.45, 2.75) is 18.4 Å². The van der Waals surface area contributed by atoms with Gasteiger partial charge >= 0.3 is 29.5 Å². The zero-order valence-electron chi connectivity index (χ0n) is 7.65. The maximum Gasteiger partial charge on any atom is 0.336 e. The summed E-state index contributed by atoms with van der Waals surface area (Å²) >= 11 is -0.750. The van der Waals surface area contributed by atoms with Gasteiger partial charge in [0, 0.05) is 0 Å². The van der Waals surface area contributed by atoms with Crippen molar-refractivity contribution in [2.75, 3.05) is 0 Å². The zero-order valence-corrected chi connectivity index (χ0v) is 8.47. The van der Waals surface area contributed by atoms with Gasteiger partial charge in [0.1, 0.15) is 0 Å². The normalized spacial score (nSPS) is 9.56. The average molecular weight is 256 g/mol. The van der Waals surface area contributed by atoms with Crippen molar-refractivity contribution in [1.82, 2.24) is 0 Å². The van der Waals surface area contributed by atoms with E-state index in [9.17, 15) is 14.4 Å². The van der Waals surface area contributed by atoms with Gasteiger partial charge in [0.2, 0.25) is 0 Å². The van der Waals surface area contributed by atoms with Gasteiger partial charge in [-0.1, -0.05) is 0 Å². The second kappa shape index (κ2) is 7.48. The molecule has 0 aromatic carbocycles. The third kappa shape index (κ3) is 7.58. The molecule has 16 heavy (non-hydrogen) atoms. The molecule has 0 rings (SSSR count). The standard InChI is InChI=1S/C6H8O7.O2S/c7-3(8)1-6(13,5(11)12)2-4(9)10;1-3-2/h13H,1-2H2,(H,7,8)(H,9,10)(H,11,12);. The highest BCUT2D eigenvalue weighted by molar-refractivity contribution is 7.51. The lowest BCUT2D eigenvalue weighted by atomic mass is 9.96. The maximum atomic E-state index is 10.3. The van der Waals surface area contributed by atoms with E-state index in [2.05, 4.69) is 0 Å². The van der Waals surface area contributed by atoms with Crippen LogP contribution in [0, 0.1) is 0 Å². The molecule has 0 aliphatic rings. The molecule has 0 saturated heterocycles. The summed E-state index contributed by atoms with van der Waals surface area (Å²) in [5.41, 5.74) is -2.74. The van der Waals surface area contributed by atoms with Crippen molar-refractivity contribution in [3.05, 3.63) is 0 Å². The number of hydrogen-bond acceptors (Lipinski definition) is 6. The summed E-state index contributed by atoms with van der Waals surface area (Å²) in [7, 11) is 0. The Morgan fingerprint density at radius 2 is 1.19 bits per heavy atom. The van der Waals surface area contributed by atoms with Crippen molar-refractivity contribution < 1.29 is 43.2 Å². The van der Waals surface area contributed by atoms with Gasteiger partial charge < -0.3 is 20.4 Å². The molecule has 0 aliphatic heterocycles. The molecule has 92 valence electrons. The Hall–Kier alpha value is -1.81. The van der Waals surface area contributed by atoms with Crippen molar-refractivity contribution in [1.29, 1.82) is 0 Å². The first-order chi connectivity index (χ1) is 7.19. The molecule has 0 spiro atoms.